The third kappa shape index (κ3) is 1.94. The molecular weight excluding hydrogens is 139 g/mol. The van der Waals surface area contributed by atoms with E-state index >= 15 is 0 Å². The topological polar surface area (TPSA) is 0 Å². The van der Waals surface area contributed by atoms with E-state index in [1.807, 2.05) is 6.92 Å². The predicted octanol–water partition coefficient (Wildman–Crippen LogP) is 3.42. The molecule has 0 spiro atoms. The van der Waals surface area contributed by atoms with Gasteiger partial charge >= 0.3 is 0 Å². The molecule has 0 bridgehead atoms. The Morgan fingerprint density at radius 1 is 1.18 bits per heavy atom. The number of alkyl halides is 1. The second-order valence-electron chi connectivity index (χ2n) is 4.11. The molecule has 1 saturated carbocycles. The third-order valence-electron chi connectivity index (χ3n) is 3.22. The minimum atomic E-state index is -0.534. The SMILES string of the molecule is CCC1CC(C)C(F)CC1C. The maximum Gasteiger partial charge on any atom is 0.103 e. The van der Waals surface area contributed by atoms with Crippen molar-refractivity contribution in [3.8, 4) is 0 Å². The van der Waals surface area contributed by atoms with Gasteiger partial charge in [-0.2, -0.15) is 0 Å². The van der Waals surface area contributed by atoms with E-state index in [4.69, 9.17) is 0 Å². The Hall–Kier alpha value is -0.0700. The van der Waals surface area contributed by atoms with Gasteiger partial charge in [0.05, 0.1) is 0 Å². The van der Waals surface area contributed by atoms with Crippen molar-refractivity contribution < 1.29 is 4.39 Å². The molecule has 0 amide bonds. The molecule has 0 nitrogen and oxygen atoms in total. The maximum atomic E-state index is 13.1. The van der Waals surface area contributed by atoms with E-state index in [2.05, 4.69) is 13.8 Å². The van der Waals surface area contributed by atoms with Crippen LogP contribution in [0.15, 0.2) is 0 Å². The lowest BCUT2D eigenvalue weighted by atomic mass is 9.73. The molecule has 0 heterocycles. The summed E-state index contributed by atoms with van der Waals surface area (Å²) in [5, 5.41) is 0. The lowest BCUT2D eigenvalue weighted by Crippen LogP contribution is -2.29. The summed E-state index contributed by atoms with van der Waals surface area (Å²) in [7, 11) is 0. The highest BCUT2D eigenvalue weighted by Gasteiger charge is 2.31. The number of rotatable bonds is 1. The molecule has 4 atom stereocenters. The summed E-state index contributed by atoms with van der Waals surface area (Å²) in [4.78, 5) is 0. The average Bonchev–Trinajstić information content (AvgIpc) is 1.97. The first-order chi connectivity index (χ1) is 5.15. The quantitative estimate of drug-likeness (QED) is 0.548. The molecule has 0 aromatic rings. The van der Waals surface area contributed by atoms with Gasteiger partial charge in [-0.15, -0.1) is 0 Å². The van der Waals surface area contributed by atoms with E-state index < -0.39 is 6.17 Å². The molecule has 0 saturated heterocycles. The van der Waals surface area contributed by atoms with Crippen LogP contribution in [0.25, 0.3) is 0 Å². The normalized spacial score (nSPS) is 45.8. The molecule has 66 valence electrons. The van der Waals surface area contributed by atoms with Crippen molar-refractivity contribution in [2.75, 3.05) is 0 Å². The molecule has 11 heavy (non-hydrogen) atoms. The molecule has 0 aliphatic heterocycles. The summed E-state index contributed by atoms with van der Waals surface area (Å²) in [5.74, 6) is 1.68. The largest absolute Gasteiger partial charge is 0.247 e. The second-order valence-corrected chi connectivity index (χ2v) is 4.11. The molecule has 1 heteroatoms. The van der Waals surface area contributed by atoms with Gasteiger partial charge in [-0.3, -0.25) is 0 Å². The van der Waals surface area contributed by atoms with Crippen molar-refractivity contribution in [1.29, 1.82) is 0 Å². The first-order valence-electron chi connectivity index (χ1n) is 4.79. The summed E-state index contributed by atoms with van der Waals surface area (Å²) < 4.78 is 13.1. The molecule has 0 N–H and O–H groups in total. The van der Waals surface area contributed by atoms with Crippen LogP contribution in [0.2, 0.25) is 0 Å². The van der Waals surface area contributed by atoms with Crippen LogP contribution in [0.4, 0.5) is 4.39 Å². The number of hydrogen-bond acceptors (Lipinski definition) is 0. The molecule has 1 fully saturated rings. The highest BCUT2D eigenvalue weighted by atomic mass is 19.1. The Balaban J connectivity index is 2.48. The van der Waals surface area contributed by atoms with Gasteiger partial charge in [0.25, 0.3) is 0 Å². The molecule has 1 aliphatic carbocycles. The fraction of sp³-hybridized carbons (Fsp3) is 1.00. The summed E-state index contributed by atoms with van der Waals surface area (Å²) >= 11 is 0. The smallest absolute Gasteiger partial charge is 0.103 e. The Labute approximate surface area is 69.2 Å². The third-order valence-corrected chi connectivity index (χ3v) is 3.22. The standard InChI is InChI=1S/C10H19F/c1-4-9-5-8(3)10(11)6-7(9)2/h7-10H,4-6H2,1-3H3. The Morgan fingerprint density at radius 3 is 2.36 bits per heavy atom. The predicted molar refractivity (Wildman–Crippen MR) is 46.2 cm³/mol. The summed E-state index contributed by atoms with van der Waals surface area (Å²) in [6.45, 7) is 6.44. The van der Waals surface area contributed by atoms with Crippen LogP contribution in [-0.2, 0) is 0 Å². The molecule has 1 aliphatic rings. The number of hydrogen-bond donors (Lipinski definition) is 0. The molecule has 0 aromatic heterocycles. The highest BCUT2D eigenvalue weighted by molar-refractivity contribution is 4.81. The van der Waals surface area contributed by atoms with Crippen LogP contribution in [0, 0.1) is 17.8 Å². The molecule has 4 unspecified atom stereocenters. The molecule has 0 radical (unpaired) electrons. The van der Waals surface area contributed by atoms with Gasteiger partial charge in [0.1, 0.15) is 6.17 Å². The fourth-order valence-electron chi connectivity index (χ4n) is 2.21. The van der Waals surface area contributed by atoms with Crippen molar-refractivity contribution in [3.63, 3.8) is 0 Å². The Morgan fingerprint density at radius 2 is 1.82 bits per heavy atom. The van der Waals surface area contributed by atoms with Gasteiger partial charge in [0.15, 0.2) is 0 Å². The van der Waals surface area contributed by atoms with Crippen molar-refractivity contribution in [3.05, 3.63) is 0 Å². The van der Waals surface area contributed by atoms with E-state index in [1.165, 1.54) is 6.42 Å². The Bertz CT molecular complexity index is 122. The maximum absolute atomic E-state index is 13.1. The van der Waals surface area contributed by atoms with Gasteiger partial charge < -0.3 is 0 Å². The lowest BCUT2D eigenvalue weighted by molar-refractivity contribution is 0.0934. The zero-order valence-electron chi connectivity index (χ0n) is 7.81. The van der Waals surface area contributed by atoms with Gasteiger partial charge in [-0.25, -0.2) is 4.39 Å². The van der Waals surface area contributed by atoms with Gasteiger partial charge in [-0.1, -0.05) is 27.2 Å². The average molecular weight is 158 g/mol. The van der Waals surface area contributed by atoms with Crippen LogP contribution in [-0.4, -0.2) is 6.17 Å². The van der Waals surface area contributed by atoms with Crippen molar-refractivity contribution in [2.24, 2.45) is 17.8 Å². The highest BCUT2D eigenvalue weighted by Crippen LogP contribution is 2.36. The van der Waals surface area contributed by atoms with Crippen LogP contribution in [0.3, 0.4) is 0 Å². The van der Waals surface area contributed by atoms with Crippen LogP contribution < -0.4 is 0 Å². The molecular formula is C10H19F. The van der Waals surface area contributed by atoms with E-state index in [9.17, 15) is 4.39 Å². The van der Waals surface area contributed by atoms with E-state index in [0.717, 1.165) is 18.8 Å². The summed E-state index contributed by atoms with van der Waals surface area (Å²) in [6.07, 6.45) is 2.57. The minimum absolute atomic E-state index is 0.302. The van der Waals surface area contributed by atoms with Gasteiger partial charge in [0.2, 0.25) is 0 Å². The van der Waals surface area contributed by atoms with Crippen molar-refractivity contribution in [1.82, 2.24) is 0 Å². The number of halogens is 1. The van der Waals surface area contributed by atoms with Crippen LogP contribution in [0.5, 0.6) is 0 Å². The van der Waals surface area contributed by atoms with E-state index in [0.29, 0.717) is 11.8 Å². The molecule has 1 rings (SSSR count). The second kappa shape index (κ2) is 3.55. The lowest BCUT2D eigenvalue weighted by Gasteiger charge is -2.34. The zero-order valence-corrected chi connectivity index (χ0v) is 7.81. The van der Waals surface area contributed by atoms with Crippen molar-refractivity contribution in [2.45, 2.75) is 46.2 Å². The molecule has 0 aromatic carbocycles. The van der Waals surface area contributed by atoms with E-state index in [1.54, 1.807) is 0 Å². The fourth-order valence-corrected chi connectivity index (χ4v) is 2.21. The van der Waals surface area contributed by atoms with Gasteiger partial charge in [0, 0.05) is 0 Å². The van der Waals surface area contributed by atoms with Gasteiger partial charge in [-0.05, 0) is 30.6 Å². The summed E-state index contributed by atoms with van der Waals surface area (Å²) in [5.41, 5.74) is 0. The van der Waals surface area contributed by atoms with Crippen LogP contribution in [0.1, 0.15) is 40.0 Å². The van der Waals surface area contributed by atoms with E-state index in [-0.39, 0.29) is 0 Å². The Kier molecular flexibility index (Phi) is 2.91. The monoisotopic (exact) mass is 158 g/mol. The summed E-state index contributed by atoms with van der Waals surface area (Å²) in [6, 6.07) is 0. The minimum Gasteiger partial charge on any atom is -0.247 e. The van der Waals surface area contributed by atoms with Crippen molar-refractivity contribution >= 4 is 0 Å². The zero-order chi connectivity index (χ0) is 8.43. The first-order valence-corrected chi connectivity index (χ1v) is 4.79. The first kappa shape index (κ1) is 9.02. The van der Waals surface area contributed by atoms with Crippen LogP contribution >= 0.6 is 0 Å².